The molecule has 1 N–H and O–H groups in total. The standard InChI is InChI=1S/C22H39N3O/c1-4-18(5-2)25-22(6-3)21(16-23-25)24-17-12-14-20(15-13-17)26-19-10-8-7-9-11-19/h16-20,24H,4-15H2,1-3H3. The minimum Gasteiger partial charge on any atom is -0.380 e. The largest absolute Gasteiger partial charge is 0.380 e. The van der Waals surface area contributed by atoms with E-state index in [0.29, 0.717) is 24.3 Å². The van der Waals surface area contributed by atoms with Crippen molar-refractivity contribution >= 4 is 5.69 Å². The molecule has 2 saturated carbocycles. The van der Waals surface area contributed by atoms with E-state index in [0.717, 1.165) is 19.3 Å². The molecule has 1 aromatic rings. The molecule has 0 spiro atoms. The SMILES string of the molecule is CCc1c(NC2CCC(OC3CCCCC3)CC2)cnn1C(CC)CC. The summed E-state index contributed by atoms with van der Waals surface area (Å²) >= 11 is 0. The van der Waals surface area contributed by atoms with E-state index in [2.05, 4.69) is 37.0 Å². The van der Waals surface area contributed by atoms with Crippen molar-refractivity contribution in [3.63, 3.8) is 0 Å². The summed E-state index contributed by atoms with van der Waals surface area (Å²) in [5.41, 5.74) is 2.63. The van der Waals surface area contributed by atoms with Crippen LogP contribution in [0.4, 0.5) is 5.69 Å². The summed E-state index contributed by atoms with van der Waals surface area (Å²) in [6, 6.07) is 1.10. The number of hydrogen-bond donors (Lipinski definition) is 1. The Kier molecular flexibility index (Phi) is 7.42. The Hall–Kier alpha value is -1.03. The Bertz CT molecular complexity index is 523. The maximum atomic E-state index is 6.40. The Balaban J connectivity index is 1.51. The lowest BCUT2D eigenvalue weighted by molar-refractivity contribution is -0.0461. The molecule has 0 aliphatic heterocycles. The van der Waals surface area contributed by atoms with Gasteiger partial charge in [0, 0.05) is 6.04 Å². The second-order valence-electron chi connectivity index (χ2n) is 8.29. The molecule has 2 aliphatic rings. The predicted octanol–water partition coefficient (Wildman–Crippen LogP) is 5.88. The van der Waals surface area contributed by atoms with Gasteiger partial charge < -0.3 is 10.1 Å². The molecule has 3 rings (SSSR count). The van der Waals surface area contributed by atoms with Gasteiger partial charge in [-0.25, -0.2) is 0 Å². The van der Waals surface area contributed by atoms with E-state index < -0.39 is 0 Å². The number of rotatable bonds is 8. The number of nitrogens with one attached hydrogen (secondary N) is 1. The maximum absolute atomic E-state index is 6.40. The summed E-state index contributed by atoms with van der Waals surface area (Å²) in [5.74, 6) is 0. The van der Waals surface area contributed by atoms with Crippen molar-refractivity contribution in [3.8, 4) is 0 Å². The summed E-state index contributed by atoms with van der Waals surface area (Å²) in [6.07, 6.45) is 18.0. The van der Waals surface area contributed by atoms with Crippen LogP contribution in [0.5, 0.6) is 0 Å². The van der Waals surface area contributed by atoms with Crippen molar-refractivity contribution in [1.82, 2.24) is 9.78 Å². The van der Waals surface area contributed by atoms with Gasteiger partial charge in [-0.3, -0.25) is 4.68 Å². The van der Waals surface area contributed by atoms with E-state index in [1.165, 1.54) is 69.2 Å². The van der Waals surface area contributed by atoms with Gasteiger partial charge in [0.1, 0.15) is 0 Å². The molecule has 0 saturated heterocycles. The molecule has 4 nitrogen and oxygen atoms in total. The van der Waals surface area contributed by atoms with E-state index in [1.807, 2.05) is 0 Å². The lowest BCUT2D eigenvalue weighted by Crippen LogP contribution is -2.33. The van der Waals surface area contributed by atoms with Gasteiger partial charge in [-0.1, -0.05) is 40.0 Å². The number of ether oxygens (including phenoxy) is 1. The molecule has 2 fully saturated rings. The second kappa shape index (κ2) is 9.77. The van der Waals surface area contributed by atoms with Crippen LogP contribution in [-0.2, 0) is 11.2 Å². The first-order valence-corrected chi connectivity index (χ1v) is 11.2. The molecule has 0 radical (unpaired) electrons. The quantitative estimate of drug-likeness (QED) is 0.628. The van der Waals surface area contributed by atoms with Crippen molar-refractivity contribution in [3.05, 3.63) is 11.9 Å². The third-order valence-electron chi connectivity index (χ3n) is 6.49. The van der Waals surface area contributed by atoms with Crippen molar-refractivity contribution in [1.29, 1.82) is 0 Å². The van der Waals surface area contributed by atoms with Crippen LogP contribution in [0, 0.1) is 0 Å². The summed E-state index contributed by atoms with van der Waals surface area (Å²) in [5, 5.41) is 8.53. The molecule has 1 aromatic heterocycles. The van der Waals surface area contributed by atoms with Gasteiger partial charge in [-0.15, -0.1) is 0 Å². The first kappa shape index (κ1) is 19.7. The Morgan fingerprint density at radius 3 is 2.27 bits per heavy atom. The van der Waals surface area contributed by atoms with Crippen molar-refractivity contribution < 1.29 is 4.74 Å². The van der Waals surface area contributed by atoms with Crippen molar-refractivity contribution in [2.24, 2.45) is 0 Å². The second-order valence-corrected chi connectivity index (χ2v) is 8.29. The van der Waals surface area contributed by atoms with E-state index in [-0.39, 0.29) is 0 Å². The normalized spacial score (nSPS) is 24.9. The van der Waals surface area contributed by atoms with Gasteiger partial charge in [0.15, 0.2) is 0 Å². The molecule has 0 amide bonds. The molecule has 1 heterocycles. The molecule has 0 aromatic carbocycles. The highest BCUT2D eigenvalue weighted by Gasteiger charge is 2.26. The van der Waals surface area contributed by atoms with E-state index >= 15 is 0 Å². The van der Waals surface area contributed by atoms with Crippen molar-refractivity contribution in [2.45, 2.75) is 122 Å². The van der Waals surface area contributed by atoms with Gasteiger partial charge in [0.2, 0.25) is 0 Å². The fraction of sp³-hybridized carbons (Fsp3) is 0.864. The highest BCUT2D eigenvalue weighted by molar-refractivity contribution is 5.47. The van der Waals surface area contributed by atoms with E-state index in [9.17, 15) is 0 Å². The van der Waals surface area contributed by atoms with Crippen LogP contribution in [0.2, 0.25) is 0 Å². The molecule has 26 heavy (non-hydrogen) atoms. The Morgan fingerprint density at radius 2 is 1.65 bits per heavy atom. The maximum Gasteiger partial charge on any atom is 0.0761 e. The zero-order chi connectivity index (χ0) is 18.4. The molecule has 0 unspecified atom stereocenters. The van der Waals surface area contributed by atoms with Crippen LogP contribution in [0.15, 0.2) is 6.20 Å². The van der Waals surface area contributed by atoms with Gasteiger partial charge in [0.05, 0.1) is 35.8 Å². The summed E-state index contributed by atoms with van der Waals surface area (Å²) in [6.45, 7) is 6.77. The predicted molar refractivity (Wildman–Crippen MR) is 109 cm³/mol. The molecule has 2 aliphatic carbocycles. The molecule has 0 atom stereocenters. The van der Waals surface area contributed by atoms with Crippen LogP contribution < -0.4 is 5.32 Å². The summed E-state index contributed by atoms with van der Waals surface area (Å²) in [4.78, 5) is 0. The highest BCUT2D eigenvalue weighted by Crippen LogP contribution is 2.30. The van der Waals surface area contributed by atoms with Crippen LogP contribution >= 0.6 is 0 Å². The first-order valence-electron chi connectivity index (χ1n) is 11.2. The average Bonchev–Trinajstić information content (AvgIpc) is 3.07. The zero-order valence-electron chi connectivity index (χ0n) is 17.2. The topological polar surface area (TPSA) is 39.1 Å². The molecule has 148 valence electrons. The molecule has 0 bridgehead atoms. The minimum absolute atomic E-state index is 0.495. The minimum atomic E-state index is 0.495. The number of hydrogen-bond acceptors (Lipinski definition) is 3. The van der Waals surface area contributed by atoms with E-state index in [4.69, 9.17) is 9.84 Å². The van der Waals surface area contributed by atoms with E-state index in [1.54, 1.807) is 0 Å². The first-order chi connectivity index (χ1) is 12.7. The van der Waals surface area contributed by atoms with Gasteiger partial charge in [-0.2, -0.15) is 5.10 Å². The van der Waals surface area contributed by atoms with Gasteiger partial charge >= 0.3 is 0 Å². The van der Waals surface area contributed by atoms with Gasteiger partial charge in [0.25, 0.3) is 0 Å². The van der Waals surface area contributed by atoms with Crippen LogP contribution in [0.25, 0.3) is 0 Å². The number of nitrogens with zero attached hydrogens (tertiary/aromatic N) is 2. The van der Waals surface area contributed by atoms with Crippen LogP contribution in [0.3, 0.4) is 0 Å². The third kappa shape index (κ3) is 4.82. The Morgan fingerprint density at radius 1 is 1.00 bits per heavy atom. The molecule has 4 heteroatoms. The summed E-state index contributed by atoms with van der Waals surface area (Å²) < 4.78 is 8.66. The number of anilines is 1. The fourth-order valence-electron chi connectivity index (χ4n) is 4.85. The molecular weight excluding hydrogens is 322 g/mol. The summed E-state index contributed by atoms with van der Waals surface area (Å²) in [7, 11) is 0. The monoisotopic (exact) mass is 361 g/mol. The smallest absolute Gasteiger partial charge is 0.0761 e. The van der Waals surface area contributed by atoms with Gasteiger partial charge in [-0.05, 0) is 57.8 Å². The third-order valence-corrected chi connectivity index (χ3v) is 6.49. The fourth-order valence-corrected chi connectivity index (χ4v) is 4.85. The lowest BCUT2D eigenvalue weighted by Gasteiger charge is -2.33. The lowest BCUT2D eigenvalue weighted by atomic mass is 9.91. The Labute approximate surface area is 160 Å². The molecular formula is C22H39N3O. The number of aromatic nitrogens is 2. The van der Waals surface area contributed by atoms with Crippen molar-refractivity contribution in [2.75, 3.05) is 5.32 Å². The zero-order valence-corrected chi connectivity index (χ0v) is 17.2. The highest BCUT2D eigenvalue weighted by atomic mass is 16.5. The average molecular weight is 362 g/mol. The van der Waals surface area contributed by atoms with Crippen LogP contribution in [0.1, 0.15) is 103 Å². The van der Waals surface area contributed by atoms with Crippen LogP contribution in [-0.4, -0.2) is 28.0 Å².